The Bertz CT molecular complexity index is 918. The van der Waals surface area contributed by atoms with Crippen molar-refractivity contribution in [2.45, 2.75) is 97.3 Å². The van der Waals surface area contributed by atoms with E-state index in [0.717, 1.165) is 18.4 Å². The van der Waals surface area contributed by atoms with Gasteiger partial charge in [-0.15, -0.1) is 0 Å². The summed E-state index contributed by atoms with van der Waals surface area (Å²) in [7, 11) is -0.479. The fourth-order valence-electron chi connectivity index (χ4n) is 6.40. The normalized spacial score (nSPS) is 30.4. The van der Waals surface area contributed by atoms with E-state index >= 15 is 0 Å². The number of nitrogens with one attached hydrogen (secondary N) is 2. The zero-order chi connectivity index (χ0) is 24.9. The molecule has 186 valence electrons. The summed E-state index contributed by atoms with van der Waals surface area (Å²) in [5, 5.41) is 6.08. The highest BCUT2D eigenvalue weighted by atomic mass is 16.7. The second kappa shape index (κ2) is 8.98. The number of rotatable bonds is 8. The van der Waals surface area contributed by atoms with E-state index in [1.54, 1.807) is 13.8 Å². The van der Waals surface area contributed by atoms with E-state index in [2.05, 4.69) is 45.3 Å². The summed E-state index contributed by atoms with van der Waals surface area (Å²) in [5.74, 6) is 0.819. The number of carbonyl (C=O) groups is 2. The zero-order valence-corrected chi connectivity index (χ0v) is 21.8. The van der Waals surface area contributed by atoms with Crippen LogP contribution in [0.1, 0.15) is 73.3 Å². The lowest BCUT2D eigenvalue weighted by atomic mass is 9.43. The van der Waals surface area contributed by atoms with Crippen LogP contribution in [0.25, 0.3) is 0 Å². The molecule has 0 aromatic heterocycles. The zero-order valence-electron chi connectivity index (χ0n) is 21.8. The van der Waals surface area contributed by atoms with Crippen LogP contribution in [-0.2, 0) is 25.3 Å². The van der Waals surface area contributed by atoms with Crippen molar-refractivity contribution in [2.75, 3.05) is 0 Å². The molecule has 0 radical (unpaired) electrons. The molecular weight excluding hydrogens is 427 g/mol. The van der Waals surface area contributed by atoms with E-state index in [0.29, 0.717) is 17.8 Å². The Morgan fingerprint density at radius 2 is 1.82 bits per heavy atom. The van der Waals surface area contributed by atoms with Gasteiger partial charge in [0, 0.05) is 0 Å². The van der Waals surface area contributed by atoms with Gasteiger partial charge in [0.25, 0.3) is 0 Å². The Morgan fingerprint density at radius 1 is 1.15 bits per heavy atom. The van der Waals surface area contributed by atoms with Crippen LogP contribution in [0.4, 0.5) is 0 Å². The Hall–Kier alpha value is -1.86. The molecule has 3 saturated carbocycles. The summed E-state index contributed by atoms with van der Waals surface area (Å²) < 4.78 is 13.1. The predicted octanol–water partition coefficient (Wildman–Crippen LogP) is 3.92. The Morgan fingerprint density at radius 3 is 2.44 bits per heavy atom. The van der Waals surface area contributed by atoms with Crippen LogP contribution in [-0.4, -0.2) is 42.1 Å². The van der Waals surface area contributed by atoms with Gasteiger partial charge in [-0.2, -0.15) is 0 Å². The minimum atomic E-state index is -1.06. The average molecular weight is 468 g/mol. The van der Waals surface area contributed by atoms with Gasteiger partial charge in [-0.3, -0.25) is 9.59 Å². The lowest BCUT2D eigenvalue weighted by Crippen LogP contribution is -2.65. The molecule has 2 amide bonds. The first-order valence-electron chi connectivity index (χ1n) is 12.8. The minimum Gasteiger partial charge on any atom is -0.404 e. The van der Waals surface area contributed by atoms with Crippen molar-refractivity contribution in [1.82, 2.24) is 10.6 Å². The molecule has 1 aromatic rings. The maximum atomic E-state index is 13.3. The molecule has 5 atom stereocenters. The van der Waals surface area contributed by atoms with Gasteiger partial charge >= 0.3 is 7.12 Å². The number of hydrogen-bond donors (Lipinski definition) is 2. The van der Waals surface area contributed by atoms with Crippen LogP contribution in [0, 0.1) is 23.2 Å². The van der Waals surface area contributed by atoms with E-state index in [1.807, 2.05) is 30.3 Å². The maximum Gasteiger partial charge on any atom is 0.481 e. The molecule has 1 aliphatic heterocycles. The first kappa shape index (κ1) is 25.2. The van der Waals surface area contributed by atoms with Crippen LogP contribution < -0.4 is 10.6 Å². The SMILES string of the molecule is CC(C)C[C@H](NC(=O)C(C)(C)NC(=O)Cc1ccccc1)B1O[C@@H]2C[C@@H]3C[C@@H](C3(C)C)[C@]2(C)O1. The third-order valence-corrected chi connectivity index (χ3v) is 8.57. The van der Waals surface area contributed by atoms with Crippen molar-refractivity contribution < 1.29 is 18.9 Å². The first-order valence-corrected chi connectivity index (χ1v) is 12.8. The van der Waals surface area contributed by atoms with Crippen LogP contribution >= 0.6 is 0 Å². The summed E-state index contributed by atoms with van der Waals surface area (Å²) in [5.41, 5.74) is -0.188. The van der Waals surface area contributed by atoms with Gasteiger partial charge in [0.1, 0.15) is 5.54 Å². The second-order valence-electron chi connectivity index (χ2n) is 12.4. The van der Waals surface area contributed by atoms with Gasteiger partial charge in [0.05, 0.1) is 24.1 Å². The van der Waals surface area contributed by atoms with Gasteiger partial charge in [-0.05, 0) is 68.8 Å². The Balaban J connectivity index is 1.42. The molecule has 3 aliphatic carbocycles. The monoisotopic (exact) mass is 468 g/mol. The van der Waals surface area contributed by atoms with E-state index in [4.69, 9.17) is 9.31 Å². The van der Waals surface area contributed by atoms with Crippen molar-refractivity contribution in [3.63, 3.8) is 0 Å². The van der Waals surface area contributed by atoms with E-state index < -0.39 is 12.7 Å². The molecule has 6 nitrogen and oxygen atoms in total. The summed E-state index contributed by atoms with van der Waals surface area (Å²) in [6, 6.07) is 9.54. The van der Waals surface area contributed by atoms with Crippen molar-refractivity contribution in [1.29, 1.82) is 0 Å². The van der Waals surface area contributed by atoms with Crippen LogP contribution in [0.3, 0.4) is 0 Å². The summed E-state index contributed by atoms with van der Waals surface area (Å²) in [4.78, 5) is 26.0. The van der Waals surface area contributed by atoms with Gasteiger partial charge in [-0.25, -0.2) is 0 Å². The highest BCUT2D eigenvalue weighted by Gasteiger charge is 2.68. The van der Waals surface area contributed by atoms with Gasteiger partial charge < -0.3 is 19.9 Å². The molecule has 4 fully saturated rings. The molecule has 0 unspecified atom stereocenters. The summed E-state index contributed by atoms with van der Waals surface area (Å²) >= 11 is 0. The molecule has 34 heavy (non-hydrogen) atoms. The number of amides is 2. The molecule has 1 heterocycles. The maximum absolute atomic E-state index is 13.3. The highest BCUT2D eigenvalue weighted by molar-refractivity contribution is 6.48. The number of carbonyl (C=O) groups excluding carboxylic acids is 2. The molecule has 5 rings (SSSR count). The minimum absolute atomic E-state index is 0.0689. The summed E-state index contributed by atoms with van der Waals surface area (Å²) in [6.45, 7) is 14.6. The fourth-order valence-corrected chi connectivity index (χ4v) is 6.40. The van der Waals surface area contributed by atoms with Crippen LogP contribution in [0.5, 0.6) is 0 Å². The largest absolute Gasteiger partial charge is 0.481 e. The van der Waals surface area contributed by atoms with Crippen molar-refractivity contribution in [3.05, 3.63) is 35.9 Å². The molecule has 0 spiro atoms. The number of benzene rings is 1. The molecule has 4 aliphatic rings. The van der Waals surface area contributed by atoms with Gasteiger partial charge in [0.2, 0.25) is 11.8 Å². The fraction of sp³-hybridized carbons (Fsp3) is 0.704. The molecule has 7 heteroatoms. The molecule has 1 saturated heterocycles. The average Bonchev–Trinajstić information content (AvgIpc) is 3.10. The molecular formula is C27H41BN2O4. The second-order valence-corrected chi connectivity index (χ2v) is 12.4. The van der Waals surface area contributed by atoms with E-state index in [-0.39, 0.29) is 41.3 Å². The van der Waals surface area contributed by atoms with E-state index in [1.165, 1.54) is 6.42 Å². The topological polar surface area (TPSA) is 76.7 Å². The van der Waals surface area contributed by atoms with Crippen molar-refractivity contribution >= 4 is 18.9 Å². The molecule has 1 aromatic carbocycles. The first-order chi connectivity index (χ1) is 15.8. The third-order valence-electron chi connectivity index (χ3n) is 8.57. The lowest BCUT2D eigenvalue weighted by molar-refractivity contribution is -0.199. The molecule has 2 N–H and O–H groups in total. The Kier molecular flexibility index (Phi) is 6.67. The summed E-state index contributed by atoms with van der Waals surface area (Å²) in [6.07, 6.45) is 3.25. The van der Waals surface area contributed by atoms with Crippen LogP contribution in [0.2, 0.25) is 0 Å². The van der Waals surface area contributed by atoms with Crippen LogP contribution in [0.15, 0.2) is 30.3 Å². The number of hydrogen-bond acceptors (Lipinski definition) is 4. The van der Waals surface area contributed by atoms with Crippen molar-refractivity contribution in [2.24, 2.45) is 23.2 Å². The lowest BCUT2D eigenvalue weighted by Gasteiger charge is -2.64. The smallest absolute Gasteiger partial charge is 0.404 e. The Labute approximate surface area is 205 Å². The standard InChI is InChI=1S/C27H41BN2O4/c1-17(2)13-22(28-33-21-16-19-15-20(25(19,3)4)27(21,7)34-28)29-24(32)26(5,6)30-23(31)14-18-11-9-8-10-12-18/h8-12,17,19-22H,13-16H2,1-7H3,(H,29,32)(H,30,31)/t19-,20-,21+,22-,27-/m0/s1. The van der Waals surface area contributed by atoms with Gasteiger partial charge in [-0.1, -0.05) is 58.0 Å². The molecule has 2 bridgehead atoms. The highest BCUT2D eigenvalue weighted by Crippen LogP contribution is 2.65. The predicted molar refractivity (Wildman–Crippen MR) is 134 cm³/mol. The quantitative estimate of drug-likeness (QED) is 0.567. The third kappa shape index (κ3) is 4.66. The van der Waals surface area contributed by atoms with E-state index in [9.17, 15) is 9.59 Å². The van der Waals surface area contributed by atoms with Gasteiger partial charge in [0.15, 0.2) is 0 Å². The van der Waals surface area contributed by atoms with Crippen molar-refractivity contribution in [3.8, 4) is 0 Å².